The van der Waals surface area contributed by atoms with E-state index in [0.29, 0.717) is 6.04 Å². The van der Waals surface area contributed by atoms with E-state index in [2.05, 4.69) is 38.1 Å². The second kappa shape index (κ2) is 6.10. The number of nitrogens with two attached hydrogens (primary N) is 1. The van der Waals surface area contributed by atoms with Crippen molar-refractivity contribution < 1.29 is 0 Å². The lowest BCUT2D eigenvalue weighted by Crippen LogP contribution is -2.14. The van der Waals surface area contributed by atoms with Gasteiger partial charge in [-0.15, -0.1) is 11.8 Å². The lowest BCUT2D eigenvalue weighted by atomic mass is 10.2. The smallest absolute Gasteiger partial charge is 0.0101 e. The molecule has 1 aromatic carbocycles. The van der Waals surface area contributed by atoms with Crippen LogP contribution in [0.2, 0.25) is 0 Å². The Bertz CT molecular complexity index is 271. The van der Waals surface area contributed by atoms with Gasteiger partial charge in [0.15, 0.2) is 0 Å². The Labute approximate surface area is 91.1 Å². The van der Waals surface area contributed by atoms with Crippen LogP contribution in [-0.4, -0.2) is 11.8 Å². The first-order valence-corrected chi connectivity index (χ1v) is 6.12. The molecule has 0 aliphatic heterocycles. The molecule has 0 heterocycles. The van der Waals surface area contributed by atoms with Crippen molar-refractivity contribution in [2.24, 2.45) is 5.73 Å². The summed E-state index contributed by atoms with van der Waals surface area (Å²) in [7, 11) is 0. The highest BCUT2D eigenvalue weighted by Gasteiger charge is 1.98. The van der Waals surface area contributed by atoms with E-state index in [0.717, 1.165) is 6.42 Å². The van der Waals surface area contributed by atoms with Crippen LogP contribution in [0.4, 0.5) is 0 Å². The van der Waals surface area contributed by atoms with Crippen LogP contribution in [0, 0.1) is 6.92 Å². The Morgan fingerprint density at radius 3 is 2.71 bits per heavy atom. The molecule has 1 nitrogen and oxygen atoms in total. The molecule has 0 bridgehead atoms. The van der Waals surface area contributed by atoms with E-state index in [1.54, 1.807) is 0 Å². The molecule has 0 spiro atoms. The van der Waals surface area contributed by atoms with E-state index < -0.39 is 0 Å². The lowest BCUT2D eigenvalue weighted by molar-refractivity contribution is 0.656. The van der Waals surface area contributed by atoms with Crippen LogP contribution in [0.25, 0.3) is 0 Å². The minimum Gasteiger partial charge on any atom is -0.328 e. The van der Waals surface area contributed by atoms with E-state index >= 15 is 0 Å². The van der Waals surface area contributed by atoms with Crippen molar-refractivity contribution in [3.05, 3.63) is 29.8 Å². The van der Waals surface area contributed by atoms with E-state index in [4.69, 9.17) is 5.73 Å². The zero-order valence-electron chi connectivity index (χ0n) is 8.99. The molecule has 0 fully saturated rings. The molecule has 0 saturated carbocycles. The second-order valence-corrected chi connectivity index (χ2v) is 4.87. The van der Waals surface area contributed by atoms with Crippen LogP contribution in [-0.2, 0) is 0 Å². The Kier molecular flexibility index (Phi) is 5.05. The van der Waals surface area contributed by atoms with Crippen molar-refractivity contribution in [1.29, 1.82) is 0 Å². The lowest BCUT2D eigenvalue weighted by Gasteiger charge is -2.06. The van der Waals surface area contributed by atoms with Gasteiger partial charge in [0.1, 0.15) is 0 Å². The van der Waals surface area contributed by atoms with Crippen molar-refractivity contribution in [3.63, 3.8) is 0 Å². The van der Waals surface area contributed by atoms with Crippen molar-refractivity contribution >= 4 is 11.8 Å². The molecule has 1 unspecified atom stereocenters. The van der Waals surface area contributed by atoms with Gasteiger partial charge in [-0.05, 0) is 44.1 Å². The summed E-state index contributed by atoms with van der Waals surface area (Å²) in [5.41, 5.74) is 7.07. The summed E-state index contributed by atoms with van der Waals surface area (Å²) in [6.45, 7) is 4.23. The summed E-state index contributed by atoms with van der Waals surface area (Å²) in [6.07, 6.45) is 2.33. The number of benzene rings is 1. The maximum Gasteiger partial charge on any atom is 0.0101 e. The molecule has 0 saturated heterocycles. The summed E-state index contributed by atoms with van der Waals surface area (Å²) in [6, 6.07) is 8.87. The molecular weight excluding hydrogens is 190 g/mol. The van der Waals surface area contributed by atoms with Gasteiger partial charge in [0.25, 0.3) is 0 Å². The second-order valence-electron chi connectivity index (χ2n) is 3.73. The third kappa shape index (κ3) is 4.16. The van der Waals surface area contributed by atoms with Gasteiger partial charge in [0, 0.05) is 10.9 Å². The molecule has 1 atom stereocenters. The Hall–Kier alpha value is -0.470. The highest BCUT2D eigenvalue weighted by atomic mass is 32.2. The predicted octanol–water partition coefficient (Wildman–Crippen LogP) is 3.21. The maximum absolute atomic E-state index is 5.69. The van der Waals surface area contributed by atoms with E-state index in [1.165, 1.54) is 22.6 Å². The molecule has 0 aliphatic rings. The summed E-state index contributed by atoms with van der Waals surface area (Å²) in [5, 5.41) is 0. The first kappa shape index (κ1) is 11.6. The van der Waals surface area contributed by atoms with Gasteiger partial charge in [0.05, 0.1) is 0 Å². The van der Waals surface area contributed by atoms with Gasteiger partial charge >= 0.3 is 0 Å². The SMILES string of the molecule is Cc1ccccc1SCCCC(C)N. The van der Waals surface area contributed by atoms with Gasteiger partial charge in [-0.1, -0.05) is 18.2 Å². The number of thioether (sulfide) groups is 1. The fraction of sp³-hybridized carbons (Fsp3) is 0.500. The summed E-state index contributed by atoms with van der Waals surface area (Å²) in [5.74, 6) is 1.17. The van der Waals surface area contributed by atoms with Crippen molar-refractivity contribution in [3.8, 4) is 0 Å². The molecule has 78 valence electrons. The van der Waals surface area contributed by atoms with E-state index in [-0.39, 0.29) is 0 Å². The molecule has 14 heavy (non-hydrogen) atoms. The van der Waals surface area contributed by atoms with E-state index in [1.807, 2.05) is 11.8 Å². The number of aryl methyl sites for hydroxylation is 1. The van der Waals surface area contributed by atoms with Gasteiger partial charge in [-0.2, -0.15) is 0 Å². The van der Waals surface area contributed by atoms with Crippen LogP contribution >= 0.6 is 11.8 Å². The van der Waals surface area contributed by atoms with Gasteiger partial charge in [0.2, 0.25) is 0 Å². The monoisotopic (exact) mass is 209 g/mol. The first-order chi connectivity index (χ1) is 6.70. The fourth-order valence-electron chi connectivity index (χ4n) is 1.31. The van der Waals surface area contributed by atoms with Gasteiger partial charge < -0.3 is 5.73 Å². The first-order valence-electron chi connectivity index (χ1n) is 5.14. The summed E-state index contributed by atoms with van der Waals surface area (Å²) >= 11 is 1.93. The third-order valence-electron chi connectivity index (χ3n) is 2.15. The minimum absolute atomic E-state index is 0.340. The summed E-state index contributed by atoms with van der Waals surface area (Å²) in [4.78, 5) is 1.40. The normalized spacial score (nSPS) is 12.8. The van der Waals surface area contributed by atoms with Crippen LogP contribution < -0.4 is 5.73 Å². The topological polar surface area (TPSA) is 26.0 Å². The highest BCUT2D eigenvalue weighted by molar-refractivity contribution is 7.99. The van der Waals surface area contributed by atoms with Crippen LogP contribution in [0.5, 0.6) is 0 Å². The van der Waals surface area contributed by atoms with E-state index in [9.17, 15) is 0 Å². The molecule has 1 aromatic rings. The molecule has 0 radical (unpaired) electrons. The average molecular weight is 209 g/mol. The Morgan fingerprint density at radius 2 is 2.07 bits per heavy atom. The molecule has 0 aliphatic carbocycles. The zero-order valence-corrected chi connectivity index (χ0v) is 9.81. The highest BCUT2D eigenvalue weighted by Crippen LogP contribution is 2.22. The average Bonchev–Trinajstić information content (AvgIpc) is 2.15. The minimum atomic E-state index is 0.340. The van der Waals surface area contributed by atoms with Crippen molar-refractivity contribution in [1.82, 2.24) is 0 Å². The summed E-state index contributed by atoms with van der Waals surface area (Å²) < 4.78 is 0. The van der Waals surface area contributed by atoms with Gasteiger partial charge in [-0.25, -0.2) is 0 Å². The fourth-order valence-corrected chi connectivity index (χ4v) is 2.31. The third-order valence-corrected chi connectivity index (χ3v) is 3.42. The Morgan fingerprint density at radius 1 is 1.36 bits per heavy atom. The molecular formula is C12H19NS. The van der Waals surface area contributed by atoms with Crippen LogP contribution in [0.3, 0.4) is 0 Å². The standard InChI is InChI=1S/C12H19NS/c1-10-6-3-4-8-12(10)14-9-5-7-11(2)13/h3-4,6,8,11H,5,7,9,13H2,1-2H3. The predicted molar refractivity (Wildman–Crippen MR) is 64.8 cm³/mol. The molecule has 1 rings (SSSR count). The number of rotatable bonds is 5. The molecule has 0 amide bonds. The molecule has 2 N–H and O–H groups in total. The maximum atomic E-state index is 5.69. The van der Waals surface area contributed by atoms with Crippen molar-refractivity contribution in [2.75, 3.05) is 5.75 Å². The number of hydrogen-bond donors (Lipinski definition) is 1. The van der Waals surface area contributed by atoms with Crippen LogP contribution in [0.1, 0.15) is 25.3 Å². The molecule has 0 aromatic heterocycles. The largest absolute Gasteiger partial charge is 0.328 e. The van der Waals surface area contributed by atoms with Gasteiger partial charge in [-0.3, -0.25) is 0 Å². The zero-order chi connectivity index (χ0) is 10.4. The van der Waals surface area contributed by atoms with Crippen molar-refractivity contribution in [2.45, 2.75) is 37.6 Å². The number of hydrogen-bond acceptors (Lipinski definition) is 2. The Balaban J connectivity index is 2.28. The van der Waals surface area contributed by atoms with Crippen LogP contribution in [0.15, 0.2) is 29.2 Å². The quantitative estimate of drug-likeness (QED) is 0.595. The molecule has 2 heteroatoms.